The van der Waals surface area contributed by atoms with Gasteiger partial charge in [-0.25, -0.2) is 4.79 Å². The minimum atomic E-state index is -0.966. The van der Waals surface area contributed by atoms with Gasteiger partial charge in [-0.1, -0.05) is 0 Å². The quantitative estimate of drug-likeness (QED) is 0.754. The third-order valence-electron chi connectivity index (χ3n) is 3.11. The smallest absolute Gasteiger partial charge is 0.335 e. The summed E-state index contributed by atoms with van der Waals surface area (Å²) in [5, 5.41) is 14.8. The van der Waals surface area contributed by atoms with Crippen LogP contribution >= 0.6 is 0 Å². The normalized spacial score (nSPS) is 16.2. The lowest BCUT2D eigenvalue weighted by Gasteiger charge is -2.21. The van der Waals surface area contributed by atoms with Crippen LogP contribution < -0.4 is 10.6 Å². The van der Waals surface area contributed by atoms with E-state index >= 15 is 0 Å². The maximum atomic E-state index is 11.9. The highest BCUT2D eigenvalue weighted by molar-refractivity contribution is 5.93. The molecular formula is C13H16N2O3. The molecule has 1 aliphatic heterocycles. The molecular weight excluding hydrogens is 232 g/mol. The van der Waals surface area contributed by atoms with E-state index in [1.165, 1.54) is 12.1 Å². The van der Waals surface area contributed by atoms with Crippen molar-refractivity contribution in [3.05, 3.63) is 29.8 Å². The second-order valence-corrected chi connectivity index (χ2v) is 4.40. The summed E-state index contributed by atoms with van der Waals surface area (Å²) in [6.07, 6.45) is 1.69. The van der Waals surface area contributed by atoms with Crippen molar-refractivity contribution in [1.29, 1.82) is 0 Å². The molecule has 1 heterocycles. The predicted octanol–water partition coefficient (Wildman–Crippen LogP) is 1.32. The van der Waals surface area contributed by atoms with Crippen LogP contribution in [0.2, 0.25) is 0 Å². The van der Waals surface area contributed by atoms with Crippen LogP contribution in [0.1, 0.15) is 23.2 Å². The summed E-state index contributed by atoms with van der Waals surface area (Å²) in [5.41, 5.74) is 0.860. The zero-order valence-electron chi connectivity index (χ0n) is 9.98. The molecule has 1 fully saturated rings. The van der Waals surface area contributed by atoms with Gasteiger partial charge in [0.25, 0.3) is 0 Å². The molecule has 1 aromatic carbocycles. The van der Waals surface area contributed by atoms with Gasteiger partial charge in [-0.2, -0.15) is 0 Å². The molecule has 96 valence electrons. The molecule has 2 rings (SSSR count). The molecule has 0 aliphatic carbocycles. The Bertz CT molecular complexity index is 436. The Morgan fingerprint density at radius 2 is 1.78 bits per heavy atom. The van der Waals surface area contributed by atoms with Gasteiger partial charge < -0.3 is 15.7 Å². The Labute approximate surface area is 105 Å². The lowest BCUT2D eigenvalue weighted by Crippen LogP contribution is -2.34. The molecule has 0 saturated carbocycles. The lowest BCUT2D eigenvalue weighted by molar-refractivity contribution is -0.120. The number of anilines is 1. The van der Waals surface area contributed by atoms with Gasteiger partial charge in [0.1, 0.15) is 0 Å². The fourth-order valence-corrected chi connectivity index (χ4v) is 2.02. The number of carboxylic acids is 1. The molecule has 0 spiro atoms. The first-order valence-corrected chi connectivity index (χ1v) is 6.02. The van der Waals surface area contributed by atoms with E-state index < -0.39 is 5.97 Å². The van der Waals surface area contributed by atoms with Gasteiger partial charge in [0.2, 0.25) is 5.91 Å². The average Bonchev–Trinajstić information content (AvgIpc) is 2.40. The molecule has 0 radical (unpaired) electrons. The van der Waals surface area contributed by atoms with Gasteiger partial charge in [0, 0.05) is 11.6 Å². The van der Waals surface area contributed by atoms with Crippen molar-refractivity contribution in [3.63, 3.8) is 0 Å². The van der Waals surface area contributed by atoms with Crippen LogP contribution in [0, 0.1) is 5.92 Å². The summed E-state index contributed by atoms with van der Waals surface area (Å²) in [4.78, 5) is 22.6. The number of carbonyl (C=O) groups excluding carboxylic acids is 1. The number of amides is 1. The number of piperidine rings is 1. The average molecular weight is 248 g/mol. The van der Waals surface area contributed by atoms with Crippen molar-refractivity contribution in [1.82, 2.24) is 5.32 Å². The van der Waals surface area contributed by atoms with E-state index in [1.807, 2.05) is 0 Å². The van der Waals surface area contributed by atoms with Gasteiger partial charge in [-0.3, -0.25) is 4.79 Å². The first kappa shape index (κ1) is 12.6. The third kappa shape index (κ3) is 3.07. The number of benzene rings is 1. The van der Waals surface area contributed by atoms with Crippen molar-refractivity contribution in [2.75, 3.05) is 18.4 Å². The molecule has 0 bridgehead atoms. The zero-order valence-corrected chi connectivity index (χ0v) is 9.98. The molecule has 1 saturated heterocycles. The first-order chi connectivity index (χ1) is 8.66. The van der Waals surface area contributed by atoms with Gasteiger partial charge in [-0.15, -0.1) is 0 Å². The van der Waals surface area contributed by atoms with Crippen molar-refractivity contribution >= 4 is 17.6 Å². The summed E-state index contributed by atoms with van der Waals surface area (Å²) in [5.74, 6) is -0.906. The Morgan fingerprint density at radius 3 is 2.33 bits per heavy atom. The zero-order chi connectivity index (χ0) is 13.0. The first-order valence-electron chi connectivity index (χ1n) is 6.02. The highest BCUT2D eigenvalue weighted by Crippen LogP contribution is 2.16. The van der Waals surface area contributed by atoms with E-state index in [-0.39, 0.29) is 17.4 Å². The van der Waals surface area contributed by atoms with E-state index in [4.69, 9.17) is 5.11 Å². The molecule has 1 aromatic rings. The van der Waals surface area contributed by atoms with Crippen molar-refractivity contribution in [2.24, 2.45) is 5.92 Å². The molecule has 1 amide bonds. The van der Waals surface area contributed by atoms with Crippen LogP contribution in [0.3, 0.4) is 0 Å². The molecule has 5 heteroatoms. The van der Waals surface area contributed by atoms with Crippen LogP contribution in [-0.2, 0) is 4.79 Å². The van der Waals surface area contributed by atoms with E-state index in [0.717, 1.165) is 25.9 Å². The van der Waals surface area contributed by atoms with Crippen LogP contribution in [0.4, 0.5) is 5.69 Å². The van der Waals surface area contributed by atoms with E-state index in [1.54, 1.807) is 12.1 Å². The topological polar surface area (TPSA) is 78.4 Å². The van der Waals surface area contributed by atoms with Crippen LogP contribution in [0.5, 0.6) is 0 Å². The number of carbonyl (C=O) groups is 2. The molecule has 1 aliphatic rings. The SMILES string of the molecule is O=C(O)c1ccc(NC(=O)C2CCNCC2)cc1. The summed E-state index contributed by atoms with van der Waals surface area (Å²) < 4.78 is 0. The van der Waals surface area contributed by atoms with Gasteiger partial charge in [0.05, 0.1) is 5.56 Å². The van der Waals surface area contributed by atoms with E-state index in [0.29, 0.717) is 5.69 Å². The van der Waals surface area contributed by atoms with Gasteiger partial charge >= 0.3 is 5.97 Å². The summed E-state index contributed by atoms with van der Waals surface area (Å²) in [6.45, 7) is 1.74. The Balaban J connectivity index is 1.96. The van der Waals surface area contributed by atoms with Crippen molar-refractivity contribution < 1.29 is 14.7 Å². The largest absolute Gasteiger partial charge is 0.478 e. The van der Waals surface area contributed by atoms with Crippen LogP contribution in [0.25, 0.3) is 0 Å². The second-order valence-electron chi connectivity index (χ2n) is 4.40. The molecule has 0 unspecified atom stereocenters. The third-order valence-corrected chi connectivity index (χ3v) is 3.11. The van der Waals surface area contributed by atoms with Crippen LogP contribution in [-0.4, -0.2) is 30.1 Å². The molecule has 0 atom stereocenters. The van der Waals surface area contributed by atoms with Gasteiger partial charge in [0.15, 0.2) is 0 Å². The van der Waals surface area contributed by atoms with Gasteiger partial charge in [-0.05, 0) is 50.2 Å². The monoisotopic (exact) mass is 248 g/mol. The highest BCUT2D eigenvalue weighted by atomic mass is 16.4. The van der Waals surface area contributed by atoms with E-state index in [2.05, 4.69) is 10.6 Å². The number of hydrogen-bond donors (Lipinski definition) is 3. The van der Waals surface area contributed by atoms with Crippen molar-refractivity contribution in [2.45, 2.75) is 12.8 Å². The molecule has 0 aromatic heterocycles. The number of aromatic carboxylic acids is 1. The molecule has 3 N–H and O–H groups in total. The Hall–Kier alpha value is -1.88. The number of carboxylic acid groups (broad SMARTS) is 1. The van der Waals surface area contributed by atoms with Crippen LogP contribution in [0.15, 0.2) is 24.3 Å². The fourth-order valence-electron chi connectivity index (χ4n) is 2.02. The summed E-state index contributed by atoms with van der Waals surface area (Å²) >= 11 is 0. The highest BCUT2D eigenvalue weighted by Gasteiger charge is 2.20. The minimum Gasteiger partial charge on any atom is -0.478 e. The molecule has 5 nitrogen and oxygen atoms in total. The summed E-state index contributed by atoms with van der Waals surface area (Å²) in [7, 11) is 0. The number of hydrogen-bond acceptors (Lipinski definition) is 3. The summed E-state index contributed by atoms with van der Waals surface area (Å²) in [6, 6.07) is 6.20. The maximum Gasteiger partial charge on any atom is 0.335 e. The molecule has 18 heavy (non-hydrogen) atoms. The predicted molar refractivity (Wildman–Crippen MR) is 67.6 cm³/mol. The standard InChI is InChI=1S/C13H16N2O3/c16-12(9-5-7-14-8-6-9)15-11-3-1-10(2-4-11)13(17)18/h1-4,9,14H,5-8H2,(H,15,16)(H,17,18). The van der Waals surface area contributed by atoms with E-state index in [9.17, 15) is 9.59 Å². The Morgan fingerprint density at radius 1 is 1.17 bits per heavy atom. The number of nitrogens with one attached hydrogen (secondary N) is 2. The number of rotatable bonds is 3. The second kappa shape index (κ2) is 5.64. The fraction of sp³-hybridized carbons (Fsp3) is 0.385. The maximum absolute atomic E-state index is 11.9. The van der Waals surface area contributed by atoms with Crippen molar-refractivity contribution in [3.8, 4) is 0 Å². The minimum absolute atomic E-state index is 0.0135. The Kier molecular flexibility index (Phi) is 3.94. The lowest BCUT2D eigenvalue weighted by atomic mass is 9.97.